The second kappa shape index (κ2) is 10.8. The Bertz CT molecular complexity index is 1090. The number of halogens is 6. The van der Waals surface area contributed by atoms with Gasteiger partial charge in [0.05, 0.1) is 24.8 Å². The first-order valence-corrected chi connectivity index (χ1v) is 10.4. The number of hydrogen-bond donors (Lipinski definition) is 3. The van der Waals surface area contributed by atoms with Gasteiger partial charge in [0.1, 0.15) is 0 Å². The summed E-state index contributed by atoms with van der Waals surface area (Å²) in [6.07, 6.45) is -9.35. The second-order valence-corrected chi connectivity index (χ2v) is 7.73. The molecule has 36 heavy (non-hydrogen) atoms. The third-order valence-corrected chi connectivity index (χ3v) is 5.19. The molecule has 1 aliphatic rings. The van der Waals surface area contributed by atoms with Crippen molar-refractivity contribution >= 4 is 23.5 Å². The van der Waals surface area contributed by atoms with Crippen LogP contribution in [0.1, 0.15) is 21.5 Å². The molecule has 14 heteroatoms. The van der Waals surface area contributed by atoms with Crippen LogP contribution in [-0.4, -0.2) is 54.7 Å². The maximum atomic E-state index is 12.8. The molecule has 2 aromatic carbocycles. The SMILES string of the molecule is O=C(NNC(=O)C(F)(F)F)c1ccc(CC2COCCN2C(=O)Nc2ccc(C(F)(F)F)cc2)cc1. The quantitative estimate of drug-likeness (QED) is 0.426. The summed E-state index contributed by atoms with van der Waals surface area (Å²) in [5.74, 6) is -3.28. The highest BCUT2D eigenvalue weighted by atomic mass is 19.4. The Kier molecular flexibility index (Phi) is 8.07. The number of nitrogens with one attached hydrogen (secondary N) is 3. The summed E-state index contributed by atoms with van der Waals surface area (Å²) in [6, 6.07) is 8.79. The average molecular weight is 518 g/mol. The third kappa shape index (κ3) is 7.10. The van der Waals surface area contributed by atoms with E-state index in [0.717, 1.165) is 24.3 Å². The van der Waals surface area contributed by atoms with Crippen molar-refractivity contribution in [2.75, 3.05) is 25.1 Å². The molecule has 0 aliphatic carbocycles. The van der Waals surface area contributed by atoms with E-state index in [9.17, 15) is 40.7 Å². The fourth-order valence-corrected chi connectivity index (χ4v) is 3.35. The molecule has 1 heterocycles. The molecular formula is C22H20F6N4O4. The smallest absolute Gasteiger partial charge is 0.377 e. The molecule has 1 saturated heterocycles. The van der Waals surface area contributed by atoms with Gasteiger partial charge in [-0.1, -0.05) is 12.1 Å². The van der Waals surface area contributed by atoms with Crippen LogP contribution in [-0.2, 0) is 22.1 Å². The lowest BCUT2D eigenvalue weighted by atomic mass is 10.0. The van der Waals surface area contributed by atoms with Crippen molar-refractivity contribution in [1.29, 1.82) is 0 Å². The fourth-order valence-electron chi connectivity index (χ4n) is 3.35. The highest BCUT2D eigenvalue weighted by molar-refractivity contribution is 5.96. The van der Waals surface area contributed by atoms with Crippen LogP contribution in [0.2, 0.25) is 0 Å². The molecule has 3 rings (SSSR count). The Balaban J connectivity index is 1.59. The molecule has 0 saturated carbocycles. The van der Waals surface area contributed by atoms with Gasteiger partial charge in [0, 0.05) is 17.8 Å². The second-order valence-electron chi connectivity index (χ2n) is 7.73. The zero-order valence-electron chi connectivity index (χ0n) is 18.4. The van der Waals surface area contributed by atoms with Crippen LogP contribution < -0.4 is 16.2 Å². The van der Waals surface area contributed by atoms with Gasteiger partial charge in [-0.2, -0.15) is 26.3 Å². The van der Waals surface area contributed by atoms with Crippen LogP contribution in [0.15, 0.2) is 48.5 Å². The van der Waals surface area contributed by atoms with E-state index in [1.165, 1.54) is 34.6 Å². The molecule has 1 aliphatic heterocycles. The number of carbonyl (C=O) groups is 3. The van der Waals surface area contributed by atoms with Crippen molar-refractivity contribution < 1.29 is 45.5 Å². The molecule has 8 nitrogen and oxygen atoms in total. The number of morpholine rings is 1. The number of alkyl halides is 6. The topological polar surface area (TPSA) is 99.8 Å². The van der Waals surface area contributed by atoms with Crippen molar-refractivity contribution in [3.05, 3.63) is 65.2 Å². The number of anilines is 1. The van der Waals surface area contributed by atoms with Gasteiger partial charge in [0.2, 0.25) is 0 Å². The van der Waals surface area contributed by atoms with Crippen LogP contribution in [0.3, 0.4) is 0 Å². The number of nitrogens with zero attached hydrogens (tertiary/aromatic N) is 1. The lowest BCUT2D eigenvalue weighted by Crippen LogP contribution is -2.51. The molecule has 194 valence electrons. The van der Waals surface area contributed by atoms with Gasteiger partial charge in [-0.3, -0.25) is 20.4 Å². The first-order valence-electron chi connectivity index (χ1n) is 10.4. The number of hydrogen-bond acceptors (Lipinski definition) is 4. The van der Waals surface area contributed by atoms with E-state index in [4.69, 9.17) is 4.74 Å². The largest absolute Gasteiger partial charge is 0.472 e. The summed E-state index contributed by atoms with van der Waals surface area (Å²) in [5, 5.41) is 2.56. The number of carbonyl (C=O) groups excluding carboxylic acids is 3. The van der Waals surface area contributed by atoms with E-state index in [2.05, 4.69) is 5.32 Å². The van der Waals surface area contributed by atoms with Gasteiger partial charge < -0.3 is 15.0 Å². The van der Waals surface area contributed by atoms with Crippen molar-refractivity contribution in [3.8, 4) is 0 Å². The maximum Gasteiger partial charge on any atom is 0.472 e. The number of amides is 4. The maximum absolute atomic E-state index is 12.8. The minimum Gasteiger partial charge on any atom is -0.377 e. The van der Waals surface area contributed by atoms with Gasteiger partial charge in [0.15, 0.2) is 0 Å². The Morgan fingerprint density at radius 2 is 1.56 bits per heavy atom. The number of benzene rings is 2. The van der Waals surface area contributed by atoms with Crippen molar-refractivity contribution in [1.82, 2.24) is 15.8 Å². The molecule has 4 amide bonds. The Hall–Kier alpha value is -3.81. The predicted octanol–water partition coefficient (Wildman–Crippen LogP) is 3.50. The molecule has 2 aromatic rings. The van der Waals surface area contributed by atoms with Gasteiger partial charge in [0.25, 0.3) is 5.91 Å². The molecule has 0 radical (unpaired) electrons. The molecule has 0 aromatic heterocycles. The fraction of sp³-hybridized carbons (Fsp3) is 0.318. The number of urea groups is 1. The van der Waals surface area contributed by atoms with E-state index in [1.807, 2.05) is 0 Å². The zero-order chi connectivity index (χ0) is 26.5. The summed E-state index contributed by atoms with van der Waals surface area (Å²) in [7, 11) is 0. The standard InChI is InChI=1S/C22H20F6N4O4/c23-21(24,25)15-5-7-16(8-6-15)29-20(35)32-9-10-36-12-17(32)11-13-1-3-14(4-2-13)18(33)30-31-19(34)22(26,27)28/h1-8,17H,9-12H2,(H,29,35)(H,30,33)(H,31,34). The lowest BCUT2D eigenvalue weighted by molar-refractivity contribution is -0.174. The zero-order valence-corrected chi connectivity index (χ0v) is 18.4. The number of ether oxygens (including phenoxy) is 1. The summed E-state index contributed by atoms with van der Waals surface area (Å²) in [6.45, 7) is 0.683. The van der Waals surface area contributed by atoms with Gasteiger partial charge in [-0.15, -0.1) is 0 Å². The molecule has 1 unspecified atom stereocenters. The minimum absolute atomic E-state index is 0.0157. The number of hydrazine groups is 1. The third-order valence-electron chi connectivity index (χ3n) is 5.19. The summed E-state index contributed by atoms with van der Waals surface area (Å²) >= 11 is 0. The molecule has 0 spiro atoms. The Labute approximate surface area is 200 Å². The molecule has 3 N–H and O–H groups in total. The van der Waals surface area contributed by atoms with Crippen LogP contribution in [0.5, 0.6) is 0 Å². The highest BCUT2D eigenvalue weighted by Crippen LogP contribution is 2.30. The lowest BCUT2D eigenvalue weighted by Gasteiger charge is -2.35. The van der Waals surface area contributed by atoms with E-state index in [0.29, 0.717) is 12.0 Å². The average Bonchev–Trinajstić information content (AvgIpc) is 2.82. The van der Waals surface area contributed by atoms with Crippen LogP contribution >= 0.6 is 0 Å². The van der Waals surface area contributed by atoms with Crippen molar-refractivity contribution in [2.45, 2.75) is 24.8 Å². The van der Waals surface area contributed by atoms with Gasteiger partial charge in [-0.05, 0) is 48.4 Å². The minimum atomic E-state index is -5.15. The Morgan fingerprint density at radius 1 is 0.917 bits per heavy atom. The van der Waals surface area contributed by atoms with E-state index >= 15 is 0 Å². The summed E-state index contributed by atoms with van der Waals surface area (Å²) in [5.41, 5.74) is 2.93. The number of rotatable bonds is 4. The highest BCUT2D eigenvalue weighted by Gasteiger charge is 2.39. The molecule has 0 bridgehead atoms. The monoisotopic (exact) mass is 518 g/mol. The van der Waals surface area contributed by atoms with Gasteiger partial charge in [-0.25, -0.2) is 4.79 Å². The van der Waals surface area contributed by atoms with Crippen LogP contribution in [0.4, 0.5) is 36.8 Å². The normalized spacial score (nSPS) is 16.3. The molecule has 1 atom stereocenters. The Morgan fingerprint density at radius 3 is 2.14 bits per heavy atom. The molecule has 1 fully saturated rings. The van der Waals surface area contributed by atoms with Crippen LogP contribution in [0.25, 0.3) is 0 Å². The van der Waals surface area contributed by atoms with Crippen molar-refractivity contribution in [2.24, 2.45) is 0 Å². The first kappa shape index (κ1) is 26.8. The van der Waals surface area contributed by atoms with Gasteiger partial charge >= 0.3 is 24.3 Å². The van der Waals surface area contributed by atoms with Crippen LogP contribution in [0, 0.1) is 0 Å². The van der Waals surface area contributed by atoms with E-state index < -0.39 is 41.8 Å². The van der Waals surface area contributed by atoms with Crippen molar-refractivity contribution in [3.63, 3.8) is 0 Å². The first-order chi connectivity index (χ1) is 16.8. The summed E-state index contributed by atoms with van der Waals surface area (Å²) < 4.78 is 80.2. The predicted molar refractivity (Wildman–Crippen MR) is 114 cm³/mol. The van der Waals surface area contributed by atoms with E-state index in [-0.39, 0.29) is 31.0 Å². The van der Waals surface area contributed by atoms with E-state index in [1.54, 1.807) is 5.43 Å². The molecular weight excluding hydrogens is 498 g/mol. The summed E-state index contributed by atoms with van der Waals surface area (Å²) in [4.78, 5) is 37.0.